The van der Waals surface area contributed by atoms with E-state index in [1.54, 1.807) is 0 Å². The Morgan fingerprint density at radius 1 is 0.520 bits per heavy atom. The van der Waals surface area contributed by atoms with Crippen molar-refractivity contribution in [1.29, 1.82) is 0 Å². The van der Waals surface area contributed by atoms with E-state index in [9.17, 15) is 69.5 Å². The molecule has 0 spiro atoms. The first-order valence-electron chi connectivity index (χ1n) is 5.32. The molecule has 0 aromatic carbocycles. The maximum atomic E-state index is 13.8. The van der Waals surface area contributed by atoms with Crippen LogP contribution in [0.2, 0.25) is 0 Å². The van der Waals surface area contributed by atoms with Gasteiger partial charge in [-0.15, -0.1) is 0 Å². The Morgan fingerprint density at radius 3 is 0.840 bits per heavy atom. The van der Waals surface area contributed by atoms with Crippen LogP contribution in [0.1, 0.15) is 12.8 Å². The summed E-state index contributed by atoms with van der Waals surface area (Å²) >= 11 is 0. The molecule has 0 aliphatic carbocycles. The summed E-state index contributed by atoms with van der Waals surface area (Å²) in [5.74, 6) is -10.3. The fraction of sp³-hybridized carbons (Fsp3) is 1.00. The van der Waals surface area contributed by atoms with E-state index in [1.807, 2.05) is 0 Å². The van der Waals surface area contributed by atoms with Crippen LogP contribution >= 0.6 is 0 Å². The van der Waals surface area contributed by atoms with Crippen LogP contribution in [-0.2, 0) is 0 Å². The van der Waals surface area contributed by atoms with Gasteiger partial charge in [0.1, 0.15) is 29.5 Å². The number of halogens is 2. The Labute approximate surface area is 130 Å². The van der Waals surface area contributed by atoms with Crippen molar-refractivity contribution in [2.75, 3.05) is 0 Å². The van der Waals surface area contributed by atoms with Crippen LogP contribution in [-0.4, -0.2) is 47.0 Å². The van der Waals surface area contributed by atoms with Gasteiger partial charge in [-0.05, 0) is 0 Å². The molecule has 0 fully saturated rings. The van der Waals surface area contributed by atoms with Crippen LogP contribution < -0.4 is 0 Å². The smallest absolute Gasteiger partial charge is 0.258 e. The highest BCUT2D eigenvalue weighted by Crippen LogP contribution is 2.37. The summed E-state index contributed by atoms with van der Waals surface area (Å²) in [6.45, 7) is 0. The molecular formula is C5H4F2N6O12. The van der Waals surface area contributed by atoms with Crippen molar-refractivity contribution in [2.24, 2.45) is 0 Å². The summed E-state index contributed by atoms with van der Waals surface area (Å²) in [6, 6.07) is 0. The molecule has 25 heavy (non-hydrogen) atoms. The van der Waals surface area contributed by atoms with Gasteiger partial charge in [0.25, 0.3) is 12.8 Å². The molecule has 0 aromatic heterocycles. The summed E-state index contributed by atoms with van der Waals surface area (Å²) < 4.78 is 27.5. The highest BCUT2D eigenvalue weighted by molar-refractivity contribution is 4.77. The van der Waals surface area contributed by atoms with Gasteiger partial charge in [0, 0.05) is 0 Å². The highest BCUT2D eigenvalue weighted by Gasteiger charge is 2.81. The summed E-state index contributed by atoms with van der Waals surface area (Å²) in [7, 11) is 0. The Bertz CT molecular complexity index is 580. The predicted molar refractivity (Wildman–Crippen MR) is 61.6 cm³/mol. The van der Waals surface area contributed by atoms with Crippen LogP contribution in [0.4, 0.5) is 8.78 Å². The van der Waals surface area contributed by atoms with Gasteiger partial charge in [0.05, 0.1) is 0 Å². The first-order chi connectivity index (χ1) is 11.1. The molecule has 0 amide bonds. The molecule has 0 heterocycles. The lowest BCUT2D eigenvalue weighted by Crippen LogP contribution is -2.61. The minimum Gasteiger partial charge on any atom is -0.258 e. The fourth-order valence-corrected chi connectivity index (χ4v) is 1.50. The quantitative estimate of drug-likeness (QED) is 0.199. The fourth-order valence-electron chi connectivity index (χ4n) is 1.50. The van der Waals surface area contributed by atoms with Gasteiger partial charge in [-0.25, -0.2) is 0 Å². The third-order valence-electron chi connectivity index (χ3n) is 2.81. The molecule has 0 radical (unpaired) electrons. The molecule has 0 aromatic rings. The normalized spacial score (nSPS) is 12.2. The first-order valence-corrected chi connectivity index (χ1v) is 5.32. The second-order valence-electron chi connectivity index (χ2n) is 4.32. The van der Waals surface area contributed by atoms with E-state index in [0.29, 0.717) is 0 Å². The van der Waals surface area contributed by atoms with Gasteiger partial charge in [0.2, 0.25) is 0 Å². The first kappa shape index (κ1) is 21.3. The van der Waals surface area contributed by atoms with Crippen LogP contribution in [0.25, 0.3) is 0 Å². The highest BCUT2D eigenvalue weighted by atomic mass is 19.2. The van der Waals surface area contributed by atoms with Crippen molar-refractivity contribution in [3.8, 4) is 0 Å². The molecule has 0 atom stereocenters. The maximum absolute atomic E-state index is 13.8. The maximum Gasteiger partial charge on any atom is 0.628 e. The van der Waals surface area contributed by atoms with Crippen LogP contribution in [0.5, 0.6) is 0 Å². The molecule has 0 rings (SSSR count). The molecule has 0 bridgehead atoms. The molecule has 0 saturated carbocycles. The molecule has 140 valence electrons. The summed E-state index contributed by atoms with van der Waals surface area (Å²) in [5, 5.41) is 63.3. The van der Waals surface area contributed by atoms with E-state index in [-0.39, 0.29) is 0 Å². The minimum atomic E-state index is -5.16. The molecule has 18 nitrogen and oxygen atoms in total. The number of nitrogens with zero attached hydrogens (tertiary/aromatic N) is 6. The molecular weight excluding hydrogens is 374 g/mol. The van der Waals surface area contributed by atoms with E-state index >= 15 is 0 Å². The summed E-state index contributed by atoms with van der Waals surface area (Å²) in [4.78, 5) is 48.8. The van der Waals surface area contributed by atoms with Crippen molar-refractivity contribution >= 4 is 0 Å². The van der Waals surface area contributed by atoms with Gasteiger partial charge >= 0.3 is 17.5 Å². The minimum absolute atomic E-state index is 2.32. The van der Waals surface area contributed by atoms with E-state index in [4.69, 9.17) is 0 Å². The zero-order chi connectivity index (χ0) is 20.4. The van der Waals surface area contributed by atoms with E-state index in [2.05, 4.69) is 0 Å². The van der Waals surface area contributed by atoms with E-state index < -0.39 is 59.9 Å². The Hall–Kier alpha value is -3.74. The van der Waals surface area contributed by atoms with Crippen molar-refractivity contribution < 1.29 is 38.3 Å². The molecule has 0 saturated heterocycles. The second-order valence-corrected chi connectivity index (χ2v) is 4.32. The molecule has 0 unspecified atom stereocenters. The number of alkyl halides is 2. The van der Waals surface area contributed by atoms with Crippen molar-refractivity contribution in [3.63, 3.8) is 0 Å². The summed E-state index contributed by atoms with van der Waals surface area (Å²) in [5.41, 5.74) is -4.68. The number of hydrogen-bond acceptors (Lipinski definition) is 12. The third kappa shape index (κ3) is 3.45. The molecule has 20 heteroatoms. The number of rotatable bonds is 10. The van der Waals surface area contributed by atoms with Gasteiger partial charge in [-0.2, -0.15) is 0 Å². The molecule has 0 aliphatic heterocycles. The monoisotopic (exact) mass is 378 g/mol. The lowest BCUT2D eigenvalue weighted by Gasteiger charge is -2.18. The Balaban J connectivity index is 6.54. The van der Waals surface area contributed by atoms with Crippen molar-refractivity contribution in [3.05, 3.63) is 60.7 Å². The van der Waals surface area contributed by atoms with Gasteiger partial charge < -0.3 is 0 Å². The Morgan fingerprint density at radius 2 is 0.720 bits per heavy atom. The van der Waals surface area contributed by atoms with Gasteiger partial charge in [0.15, 0.2) is 0 Å². The van der Waals surface area contributed by atoms with Crippen LogP contribution in [0, 0.1) is 60.7 Å². The van der Waals surface area contributed by atoms with Crippen molar-refractivity contribution in [1.82, 2.24) is 0 Å². The topological polar surface area (TPSA) is 259 Å². The second kappa shape index (κ2) is 6.40. The molecule has 0 aliphatic rings. The predicted octanol–water partition coefficient (Wildman–Crippen LogP) is -0.630. The summed E-state index contributed by atoms with van der Waals surface area (Å²) in [6.07, 6.45) is -5.93. The van der Waals surface area contributed by atoms with E-state index in [1.165, 1.54) is 0 Å². The number of nitro groups is 6. The average molecular weight is 378 g/mol. The zero-order valence-corrected chi connectivity index (χ0v) is 11.3. The lowest BCUT2D eigenvalue weighted by atomic mass is 9.97. The third-order valence-corrected chi connectivity index (χ3v) is 2.81. The van der Waals surface area contributed by atoms with E-state index in [0.717, 1.165) is 0 Å². The van der Waals surface area contributed by atoms with Crippen LogP contribution in [0.3, 0.4) is 0 Å². The van der Waals surface area contributed by atoms with Gasteiger partial charge in [-0.1, -0.05) is 8.78 Å². The lowest BCUT2D eigenvalue weighted by molar-refractivity contribution is -0.889. The van der Waals surface area contributed by atoms with Crippen LogP contribution in [0.15, 0.2) is 0 Å². The number of hydrogen-bond donors (Lipinski definition) is 0. The zero-order valence-electron chi connectivity index (χ0n) is 11.3. The van der Waals surface area contributed by atoms with Gasteiger partial charge in [-0.3, -0.25) is 60.7 Å². The standard InChI is InChI=1S/C5H4F2N6O12/c6-4(10(18)19,11(20)21)1-3(8(14)15,9(16)17)2-5(7,12(22)23)13(24)25/h1-2H2. The average Bonchev–Trinajstić information content (AvgIpc) is 2.44. The largest absolute Gasteiger partial charge is 0.628 e. The van der Waals surface area contributed by atoms with Crippen molar-refractivity contribution in [2.45, 2.75) is 30.3 Å². The molecule has 0 N–H and O–H groups in total. The Kier molecular flexibility index (Phi) is 5.45. The SMILES string of the molecule is O=[N+]([O-])C(F)(CC(CC(F)([N+](=O)[O-])[N+](=O)[O-])([N+](=O)[O-])[N+](=O)[O-])[N+](=O)[O-].